The van der Waals surface area contributed by atoms with Gasteiger partial charge in [0.25, 0.3) is 5.91 Å². The van der Waals surface area contributed by atoms with Crippen LogP contribution in [0.25, 0.3) is 0 Å². The molecule has 10 heteroatoms. The van der Waals surface area contributed by atoms with Gasteiger partial charge in [0.2, 0.25) is 11.8 Å². The Balaban J connectivity index is 1.20. The van der Waals surface area contributed by atoms with Crippen LogP contribution in [-0.2, 0) is 53.4 Å². The van der Waals surface area contributed by atoms with E-state index in [0.29, 0.717) is 37.4 Å². The van der Waals surface area contributed by atoms with Gasteiger partial charge in [-0.1, -0.05) is 36.4 Å². The molecule has 10 nitrogen and oxygen atoms in total. The van der Waals surface area contributed by atoms with Crippen LogP contribution in [0.15, 0.2) is 60.8 Å². The Morgan fingerprint density at radius 2 is 1.91 bits per heavy atom. The molecular weight excluding hydrogens is 548 g/mol. The van der Waals surface area contributed by atoms with Gasteiger partial charge in [-0.2, -0.15) is 0 Å². The molecule has 2 aliphatic heterocycles. The van der Waals surface area contributed by atoms with E-state index in [2.05, 4.69) is 15.6 Å². The highest BCUT2D eigenvalue weighted by Crippen LogP contribution is 2.47. The Kier molecular flexibility index (Phi) is 8.25. The second kappa shape index (κ2) is 12.2. The summed E-state index contributed by atoms with van der Waals surface area (Å²) >= 11 is 0. The van der Waals surface area contributed by atoms with Crippen LogP contribution < -0.4 is 10.6 Å². The summed E-state index contributed by atoms with van der Waals surface area (Å²) in [5.74, 6) is 0.0277. The van der Waals surface area contributed by atoms with Crippen molar-refractivity contribution in [1.82, 2.24) is 9.88 Å². The van der Waals surface area contributed by atoms with E-state index in [-0.39, 0.29) is 30.8 Å². The average Bonchev–Trinajstić information content (AvgIpc) is 3.54. The fourth-order valence-electron chi connectivity index (χ4n) is 6.53. The molecule has 3 aliphatic rings. The summed E-state index contributed by atoms with van der Waals surface area (Å²) in [6, 6.07) is 17.1. The van der Waals surface area contributed by atoms with Crippen molar-refractivity contribution in [3.8, 4) is 0 Å². The third-order valence-electron chi connectivity index (χ3n) is 8.66. The third-order valence-corrected chi connectivity index (χ3v) is 8.66. The van der Waals surface area contributed by atoms with Crippen LogP contribution in [0.2, 0.25) is 0 Å². The van der Waals surface area contributed by atoms with Crippen LogP contribution in [0.3, 0.4) is 0 Å². The van der Waals surface area contributed by atoms with Gasteiger partial charge in [-0.05, 0) is 67.0 Å². The minimum absolute atomic E-state index is 0.0495. The molecule has 1 aromatic heterocycles. The maximum atomic E-state index is 13.7. The monoisotopic (exact) mass is 584 g/mol. The van der Waals surface area contributed by atoms with Crippen LogP contribution in [0.4, 0.5) is 11.5 Å². The topological polar surface area (TPSA) is 119 Å². The van der Waals surface area contributed by atoms with E-state index in [1.165, 1.54) is 0 Å². The molecule has 2 atom stereocenters. The second-order valence-corrected chi connectivity index (χ2v) is 11.4. The number of anilines is 2. The highest BCUT2D eigenvalue weighted by atomic mass is 16.7. The van der Waals surface area contributed by atoms with Crippen molar-refractivity contribution >= 4 is 29.2 Å². The molecule has 0 bridgehead atoms. The van der Waals surface area contributed by atoms with Crippen LogP contribution >= 0.6 is 0 Å². The van der Waals surface area contributed by atoms with Gasteiger partial charge >= 0.3 is 0 Å². The molecule has 1 saturated heterocycles. The predicted molar refractivity (Wildman–Crippen MR) is 159 cm³/mol. The van der Waals surface area contributed by atoms with E-state index in [1.807, 2.05) is 54.6 Å². The van der Waals surface area contributed by atoms with Crippen molar-refractivity contribution < 1.29 is 28.6 Å². The fourth-order valence-corrected chi connectivity index (χ4v) is 6.53. The van der Waals surface area contributed by atoms with Gasteiger partial charge in [0.1, 0.15) is 18.5 Å². The Labute approximate surface area is 250 Å². The maximum absolute atomic E-state index is 13.7. The number of hydrogen-bond acceptors (Lipinski definition) is 7. The number of ether oxygens (including phenoxy) is 3. The zero-order chi connectivity index (χ0) is 30.0. The lowest BCUT2D eigenvalue weighted by molar-refractivity contribution is -0.149. The molecule has 0 saturated carbocycles. The number of carbonyl (C=O) groups is 3. The van der Waals surface area contributed by atoms with Crippen LogP contribution in [0, 0.1) is 0 Å². The van der Waals surface area contributed by atoms with E-state index in [1.54, 1.807) is 25.3 Å². The highest BCUT2D eigenvalue weighted by molar-refractivity contribution is 6.06. The second-order valence-electron chi connectivity index (χ2n) is 11.4. The van der Waals surface area contributed by atoms with Crippen molar-refractivity contribution in [3.05, 3.63) is 88.6 Å². The minimum atomic E-state index is -0.687. The molecule has 2 unspecified atom stereocenters. The molecule has 3 heterocycles. The van der Waals surface area contributed by atoms with E-state index in [0.717, 1.165) is 40.7 Å². The minimum Gasteiger partial charge on any atom is -0.368 e. The number of rotatable bonds is 9. The molecule has 3 aromatic rings. The number of nitrogens with zero attached hydrogens (tertiary/aromatic N) is 2. The summed E-state index contributed by atoms with van der Waals surface area (Å²) in [7, 11) is 3.12. The number of pyridine rings is 1. The van der Waals surface area contributed by atoms with Gasteiger partial charge in [-0.25, -0.2) is 4.98 Å². The first-order chi connectivity index (χ1) is 20.9. The Morgan fingerprint density at radius 3 is 2.70 bits per heavy atom. The van der Waals surface area contributed by atoms with E-state index >= 15 is 0 Å². The molecular formula is C33H36N4O6. The van der Waals surface area contributed by atoms with Gasteiger partial charge in [-0.3, -0.25) is 14.4 Å². The smallest absolute Gasteiger partial charge is 0.252 e. The maximum Gasteiger partial charge on any atom is 0.252 e. The summed E-state index contributed by atoms with van der Waals surface area (Å²) in [4.78, 5) is 46.0. The first-order valence-corrected chi connectivity index (χ1v) is 14.6. The lowest BCUT2D eigenvalue weighted by Gasteiger charge is -2.30. The van der Waals surface area contributed by atoms with Crippen molar-refractivity contribution in [3.63, 3.8) is 0 Å². The summed E-state index contributed by atoms with van der Waals surface area (Å²) in [5, 5.41) is 5.90. The van der Waals surface area contributed by atoms with E-state index in [9.17, 15) is 14.4 Å². The number of benzene rings is 2. The molecule has 6 rings (SSSR count). The van der Waals surface area contributed by atoms with Crippen molar-refractivity contribution in [1.29, 1.82) is 0 Å². The zero-order valence-electron chi connectivity index (χ0n) is 24.4. The standard InChI is InChI=1S/C33H36N4O6/c1-41-31(42-2)25-9-4-3-8-22(25)19-37(30(39)27-11-5-6-15-43-27)20-28(38)35-24-13-12-21-17-33(18-23(21)16-24)26-10-7-14-34-29(26)36-32(33)40/h3-4,7-10,12-14,16,27,31H,5-6,11,15,17-20H2,1-2H3,(H,35,38)(H,34,36,40). The summed E-state index contributed by atoms with van der Waals surface area (Å²) in [6.45, 7) is 0.568. The summed E-state index contributed by atoms with van der Waals surface area (Å²) < 4.78 is 16.8. The lowest BCUT2D eigenvalue weighted by Crippen LogP contribution is -2.45. The number of fused-ring (bicyclic) bond motifs is 3. The molecule has 224 valence electrons. The largest absolute Gasteiger partial charge is 0.368 e. The number of amides is 3. The highest BCUT2D eigenvalue weighted by Gasteiger charge is 2.51. The van der Waals surface area contributed by atoms with Gasteiger partial charge < -0.3 is 29.7 Å². The number of hydrogen-bond donors (Lipinski definition) is 2. The van der Waals surface area contributed by atoms with Crippen molar-refractivity contribution in [2.45, 2.75) is 56.5 Å². The predicted octanol–water partition coefficient (Wildman–Crippen LogP) is 3.90. The first-order valence-electron chi connectivity index (χ1n) is 14.6. The molecule has 0 radical (unpaired) electrons. The quantitative estimate of drug-likeness (QED) is 0.366. The van der Waals surface area contributed by atoms with Gasteiger partial charge in [0, 0.05) is 50.4 Å². The van der Waals surface area contributed by atoms with Crippen LogP contribution in [-0.4, -0.2) is 61.1 Å². The number of nitrogens with one attached hydrogen (secondary N) is 2. The Morgan fingerprint density at radius 1 is 1.09 bits per heavy atom. The van der Waals surface area contributed by atoms with E-state index in [4.69, 9.17) is 14.2 Å². The zero-order valence-corrected chi connectivity index (χ0v) is 24.4. The number of aromatic nitrogens is 1. The Hall–Kier alpha value is -4.12. The SMILES string of the molecule is COC(OC)c1ccccc1CN(CC(=O)Nc1ccc2c(c1)CC1(C2)C(=O)Nc2ncccc21)C(=O)C1CCCCO1. The number of methoxy groups -OCH3 is 2. The lowest BCUT2D eigenvalue weighted by atomic mass is 9.79. The molecule has 1 fully saturated rings. The van der Waals surface area contributed by atoms with Crippen LogP contribution in [0.5, 0.6) is 0 Å². The van der Waals surface area contributed by atoms with Gasteiger partial charge in [-0.15, -0.1) is 0 Å². The van der Waals surface area contributed by atoms with Gasteiger partial charge in [0.15, 0.2) is 6.29 Å². The van der Waals surface area contributed by atoms with Crippen molar-refractivity contribution in [2.75, 3.05) is 38.0 Å². The molecule has 1 aliphatic carbocycles. The first kappa shape index (κ1) is 29.0. The molecule has 3 amide bonds. The molecule has 43 heavy (non-hydrogen) atoms. The average molecular weight is 585 g/mol. The molecule has 1 spiro atoms. The number of carbonyl (C=O) groups excluding carboxylic acids is 3. The normalized spacial score (nSPS) is 20.5. The Bertz CT molecular complexity index is 1530. The van der Waals surface area contributed by atoms with Crippen LogP contribution in [0.1, 0.15) is 53.4 Å². The molecule has 2 N–H and O–H groups in total. The van der Waals surface area contributed by atoms with Crippen molar-refractivity contribution in [2.24, 2.45) is 0 Å². The molecule has 2 aromatic carbocycles. The summed E-state index contributed by atoms with van der Waals surface area (Å²) in [5.41, 5.74) is 4.52. The van der Waals surface area contributed by atoms with E-state index < -0.39 is 17.8 Å². The summed E-state index contributed by atoms with van der Waals surface area (Å²) in [6.07, 6.45) is 4.03. The van der Waals surface area contributed by atoms with Gasteiger partial charge in [0.05, 0.1) is 5.41 Å². The fraction of sp³-hybridized carbons (Fsp3) is 0.394. The third kappa shape index (κ3) is 5.65.